The van der Waals surface area contributed by atoms with Crippen molar-refractivity contribution in [1.29, 1.82) is 0 Å². The topological polar surface area (TPSA) is 214 Å². The lowest BCUT2D eigenvalue weighted by molar-refractivity contribution is -0.332. The monoisotopic (exact) mass is 793 g/mol. The van der Waals surface area contributed by atoms with Crippen LogP contribution in [0.25, 0.3) is 0 Å². The number of allylic oxidation sites excluding steroid dienone is 2. The zero-order valence-corrected chi connectivity index (χ0v) is 33.7. The van der Waals surface area contributed by atoms with E-state index in [-0.39, 0.29) is 19.6 Å². The molecule has 0 radical (unpaired) electrons. The molecule has 0 aromatic rings. The quantitative estimate of drug-likeness (QED) is 0.0292. The number of carbonyl (C=O) groups excluding carboxylic acids is 1. The molecule has 55 heavy (non-hydrogen) atoms. The van der Waals surface area contributed by atoms with E-state index in [9.17, 15) is 40.5 Å². The lowest BCUT2D eigenvalue weighted by Crippen LogP contribution is -2.61. The number of carbonyl (C=O) groups is 1. The van der Waals surface area contributed by atoms with Gasteiger partial charge in [-0.15, -0.1) is 0 Å². The Hall–Kier alpha value is -1.27. The van der Waals surface area contributed by atoms with E-state index in [0.29, 0.717) is 13.0 Å². The van der Waals surface area contributed by atoms with Gasteiger partial charge in [0.15, 0.2) is 12.6 Å². The number of esters is 1. The molecule has 0 aromatic heterocycles. The number of aliphatic hydroxyl groups excluding tert-OH is 7. The highest BCUT2D eigenvalue weighted by molar-refractivity contribution is 5.69. The average molecular weight is 793 g/mol. The molecule has 0 saturated carbocycles. The fourth-order valence-corrected chi connectivity index (χ4v) is 6.69. The van der Waals surface area contributed by atoms with Gasteiger partial charge in [-0.05, 0) is 38.5 Å². The van der Waals surface area contributed by atoms with Gasteiger partial charge in [-0.1, -0.05) is 109 Å². The molecule has 14 heteroatoms. The van der Waals surface area contributed by atoms with E-state index >= 15 is 0 Å². The highest BCUT2D eigenvalue weighted by Crippen LogP contribution is 2.26. The molecule has 0 aromatic carbocycles. The van der Waals surface area contributed by atoms with Crippen LogP contribution in [-0.4, -0.2) is 142 Å². The van der Waals surface area contributed by atoms with Gasteiger partial charge in [0.2, 0.25) is 0 Å². The molecule has 0 aliphatic carbocycles. The smallest absolute Gasteiger partial charge is 0.306 e. The summed E-state index contributed by atoms with van der Waals surface area (Å²) in [4.78, 5) is 12.7. The lowest BCUT2D eigenvalue weighted by atomic mass is 9.98. The number of unbranched alkanes of at least 4 members (excludes halogenated alkanes) is 16. The van der Waals surface area contributed by atoms with Gasteiger partial charge in [0.25, 0.3) is 0 Å². The van der Waals surface area contributed by atoms with E-state index in [0.717, 1.165) is 51.4 Å². The minimum Gasteiger partial charge on any atom is -0.457 e. The van der Waals surface area contributed by atoms with Crippen molar-refractivity contribution in [2.45, 2.75) is 210 Å². The van der Waals surface area contributed by atoms with E-state index < -0.39 is 86.7 Å². The van der Waals surface area contributed by atoms with Crippen LogP contribution >= 0.6 is 0 Å². The number of hydrogen-bond acceptors (Lipinski definition) is 14. The van der Waals surface area contributed by atoms with Crippen LogP contribution in [0.1, 0.15) is 142 Å². The summed E-state index contributed by atoms with van der Waals surface area (Å²) in [5.41, 5.74) is 0. The van der Waals surface area contributed by atoms with E-state index in [4.69, 9.17) is 28.4 Å². The Balaban J connectivity index is 1.77. The van der Waals surface area contributed by atoms with Crippen LogP contribution < -0.4 is 0 Å². The zero-order chi connectivity index (χ0) is 40.3. The van der Waals surface area contributed by atoms with Crippen LogP contribution in [0, 0.1) is 0 Å². The third kappa shape index (κ3) is 20.3. The van der Waals surface area contributed by atoms with Crippen molar-refractivity contribution in [2.75, 3.05) is 33.0 Å². The standard InChI is InChI=1S/C41H76O14/c1-3-5-7-9-10-11-12-13-14-15-16-17-18-19-21-23-25-50-27-30(53-33(43)24-22-20-8-6-4-2)28-51-40-39(49)37(47)35(45)32(55-40)29-52-41-38(48)36(46)34(44)31(26-42)54-41/h13-14,30-32,34-42,44-49H,3-12,15-29H2,1-2H3/b14-13-. The van der Waals surface area contributed by atoms with Crippen molar-refractivity contribution in [3.05, 3.63) is 12.2 Å². The molecule has 2 heterocycles. The predicted molar refractivity (Wildman–Crippen MR) is 206 cm³/mol. The maximum Gasteiger partial charge on any atom is 0.306 e. The second-order valence-electron chi connectivity index (χ2n) is 15.2. The van der Waals surface area contributed by atoms with Crippen molar-refractivity contribution in [2.24, 2.45) is 0 Å². The molecule has 0 spiro atoms. The molecular weight excluding hydrogens is 716 g/mol. The van der Waals surface area contributed by atoms with Gasteiger partial charge in [-0.2, -0.15) is 0 Å². The summed E-state index contributed by atoms with van der Waals surface area (Å²) in [6.45, 7) is 3.56. The zero-order valence-electron chi connectivity index (χ0n) is 33.7. The molecule has 2 aliphatic heterocycles. The first-order valence-corrected chi connectivity index (χ1v) is 21.3. The maximum absolute atomic E-state index is 12.7. The lowest BCUT2D eigenvalue weighted by Gasteiger charge is -2.42. The summed E-state index contributed by atoms with van der Waals surface area (Å²) >= 11 is 0. The Morgan fingerprint density at radius 2 is 1.07 bits per heavy atom. The molecule has 11 atom stereocenters. The van der Waals surface area contributed by atoms with Gasteiger partial charge < -0.3 is 64.2 Å². The number of aliphatic hydroxyl groups is 7. The molecule has 2 saturated heterocycles. The second kappa shape index (κ2) is 30.8. The number of hydrogen-bond donors (Lipinski definition) is 7. The summed E-state index contributed by atoms with van der Waals surface area (Å²) in [6.07, 6.45) is 10.5. The molecule has 11 unspecified atom stereocenters. The molecule has 0 bridgehead atoms. The van der Waals surface area contributed by atoms with E-state index in [1.807, 2.05) is 0 Å². The first kappa shape index (κ1) is 49.9. The van der Waals surface area contributed by atoms with Crippen molar-refractivity contribution in [3.63, 3.8) is 0 Å². The molecular formula is C41H76O14. The van der Waals surface area contributed by atoms with E-state index in [1.54, 1.807) is 0 Å². The Bertz CT molecular complexity index is 969. The minimum absolute atomic E-state index is 0.0598. The highest BCUT2D eigenvalue weighted by atomic mass is 16.7. The summed E-state index contributed by atoms with van der Waals surface area (Å²) in [7, 11) is 0. The largest absolute Gasteiger partial charge is 0.457 e. The molecule has 324 valence electrons. The van der Waals surface area contributed by atoms with Gasteiger partial charge in [0, 0.05) is 13.0 Å². The van der Waals surface area contributed by atoms with Crippen molar-refractivity contribution in [1.82, 2.24) is 0 Å². The Morgan fingerprint density at radius 3 is 1.65 bits per heavy atom. The minimum atomic E-state index is -1.70. The predicted octanol–water partition coefficient (Wildman–Crippen LogP) is 3.95. The summed E-state index contributed by atoms with van der Waals surface area (Å²) in [5.74, 6) is -0.391. The Labute approximate surface area is 329 Å². The normalized spacial score (nSPS) is 29.2. The average Bonchev–Trinajstić information content (AvgIpc) is 3.18. The van der Waals surface area contributed by atoms with Crippen molar-refractivity contribution >= 4 is 5.97 Å². The first-order chi connectivity index (χ1) is 26.6. The molecule has 14 nitrogen and oxygen atoms in total. The van der Waals surface area contributed by atoms with Crippen LogP contribution in [0.3, 0.4) is 0 Å². The van der Waals surface area contributed by atoms with Gasteiger partial charge in [0.1, 0.15) is 54.9 Å². The SMILES string of the molecule is CCCCCCCC/C=C\CCCCCCCCOCC(COC1OC(COC2OC(CO)C(O)C(O)C2O)C(O)C(O)C1O)OC(=O)CCCCCCC. The van der Waals surface area contributed by atoms with Gasteiger partial charge >= 0.3 is 5.97 Å². The van der Waals surface area contributed by atoms with Crippen LogP contribution in [0.2, 0.25) is 0 Å². The molecule has 2 aliphatic rings. The summed E-state index contributed by atoms with van der Waals surface area (Å²) in [5, 5.41) is 71.5. The summed E-state index contributed by atoms with van der Waals surface area (Å²) < 4.78 is 33.9. The Kier molecular flexibility index (Phi) is 27.9. The molecule has 7 N–H and O–H groups in total. The first-order valence-electron chi connectivity index (χ1n) is 21.3. The second-order valence-corrected chi connectivity index (χ2v) is 15.2. The summed E-state index contributed by atoms with van der Waals surface area (Å²) in [6, 6.07) is 0. The van der Waals surface area contributed by atoms with Crippen molar-refractivity contribution < 1.29 is 69.0 Å². The fraction of sp³-hybridized carbons (Fsp3) is 0.927. The van der Waals surface area contributed by atoms with E-state index in [1.165, 1.54) is 64.2 Å². The third-order valence-electron chi connectivity index (χ3n) is 10.3. The molecule has 0 amide bonds. The van der Waals surface area contributed by atoms with E-state index in [2.05, 4.69) is 26.0 Å². The Morgan fingerprint density at radius 1 is 0.582 bits per heavy atom. The maximum atomic E-state index is 12.7. The molecule has 2 rings (SSSR count). The van der Waals surface area contributed by atoms with Gasteiger partial charge in [-0.3, -0.25) is 4.79 Å². The highest BCUT2D eigenvalue weighted by Gasteiger charge is 2.47. The number of rotatable bonds is 32. The number of ether oxygens (including phenoxy) is 6. The van der Waals surface area contributed by atoms with Gasteiger partial charge in [0.05, 0.1) is 26.4 Å². The van der Waals surface area contributed by atoms with Gasteiger partial charge in [-0.25, -0.2) is 0 Å². The molecule has 2 fully saturated rings. The third-order valence-corrected chi connectivity index (χ3v) is 10.3. The van der Waals surface area contributed by atoms with Crippen LogP contribution in [0.5, 0.6) is 0 Å². The van der Waals surface area contributed by atoms with Crippen molar-refractivity contribution in [3.8, 4) is 0 Å². The fourth-order valence-electron chi connectivity index (χ4n) is 6.69. The van der Waals surface area contributed by atoms with Crippen LogP contribution in [0.15, 0.2) is 12.2 Å². The van der Waals surface area contributed by atoms with Crippen LogP contribution in [-0.2, 0) is 33.2 Å². The van der Waals surface area contributed by atoms with Crippen LogP contribution in [0.4, 0.5) is 0 Å².